The number of hydrogen-bond acceptors (Lipinski definition) is 7. The summed E-state index contributed by atoms with van der Waals surface area (Å²) >= 11 is 1.53. The van der Waals surface area contributed by atoms with Crippen LogP contribution in [0.2, 0.25) is 0 Å². The third kappa shape index (κ3) is 2.68. The highest BCUT2D eigenvalue weighted by Crippen LogP contribution is 2.39. The van der Waals surface area contributed by atoms with Gasteiger partial charge in [-0.15, -0.1) is 11.3 Å². The van der Waals surface area contributed by atoms with Crippen LogP contribution in [0.25, 0.3) is 21.6 Å². The second-order valence-corrected chi connectivity index (χ2v) is 10.5. The zero-order valence-corrected chi connectivity index (χ0v) is 17.0. The fourth-order valence-corrected chi connectivity index (χ4v) is 6.71. The monoisotopic (exact) mass is 417 g/mol. The van der Waals surface area contributed by atoms with E-state index in [2.05, 4.69) is 0 Å². The van der Waals surface area contributed by atoms with E-state index in [1.165, 1.54) is 18.4 Å². The highest BCUT2D eigenvalue weighted by atomic mass is 32.2. The predicted molar refractivity (Wildman–Crippen MR) is 107 cm³/mol. The Kier molecular flexibility index (Phi) is 4.06. The van der Waals surface area contributed by atoms with E-state index in [-0.39, 0.29) is 23.5 Å². The van der Waals surface area contributed by atoms with Crippen LogP contribution in [0.4, 0.5) is 0 Å². The van der Waals surface area contributed by atoms with Crippen molar-refractivity contribution in [1.29, 1.82) is 0 Å². The minimum absolute atomic E-state index is 0.0555. The highest BCUT2D eigenvalue weighted by Gasteiger charge is 2.35. The number of ether oxygens (including phenoxy) is 1. The van der Waals surface area contributed by atoms with Gasteiger partial charge in [0.2, 0.25) is 0 Å². The lowest BCUT2D eigenvalue weighted by molar-refractivity contribution is 0.0601. The molecule has 1 atom stereocenters. The number of aromatic nitrogens is 3. The number of hydrogen-bond donors (Lipinski definition) is 0. The van der Waals surface area contributed by atoms with Gasteiger partial charge in [0.1, 0.15) is 5.69 Å². The summed E-state index contributed by atoms with van der Waals surface area (Å²) < 4.78 is 31.0. The lowest BCUT2D eigenvalue weighted by Gasteiger charge is -2.12. The van der Waals surface area contributed by atoms with Gasteiger partial charge in [0.15, 0.2) is 15.5 Å². The van der Waals surface area contributed by atoms with Crippen molar-refractivity contribution in [3.05, 3.63) is 34.3 Å². The summed E-state index contributed by atoms with van der Waals surface area (Å²) in [7, 11) is -1.69. The molecule has 0 spiro atoms. The molecule has 146 valence electrons. The minimum atomic E-state index is -3.08. The third-order valence-corrected chi connectivity index (χ3v) is 8.19. The van der Waals surface area contributed by atoms with Crippen molar-refractivity contribution < 1.29 is 17.9 Å². The Labute approximate surface area is 166 Å². The van der Waals surface area contributed by atoms with Crippen LogP contribution in [0.3, 0.4) is 0 Å². The second kappa shape index (κ2) is 6.38. The van der Waals surface area contributed by atoms with Crippen molar-refractivity contribution >= 4 is 38.2 Å². The van der Waals surface area contributed by atoms with Gasteiger partial charge in [-0.1, -0.05) is 6.07 Å². The van der Waals surface area contributed by atoms with Crippen molar-refractivity contribution in [3.63, 3.8) is 0 Å². The zero-order valence-electron chi connectivity index (χ0n) is 15.3. The molecule has 3 aromatic heterocycles. The van der Waals surface area contributed by atoms with Gasteiger partial charge in [0.25, 0.3) is 0 Å². The van der Waals surface area contributed by atoms with Gasteiger partial charge in [-0.25, -0.2) is 22.9 Å². The molecule has 0 radical (unpaired) electrons. The van der Waals surface area contributed by atoms with Gasteiger partial charge in [-0.3, -0.25) is 0 Å². The lowest BCUT2D eigenvalue weighted by Crippen LogP contribution is -2.14. The molecule has 0 saturated carbocycles. The molecular weight excluding hydrogens is 398 g/mol. The Hall–Kier alpha value is -2.26. The van der Waals surface area contributed by atoms with E-state index >= 15 is 0 Å². The standard InChI is InChI=1S/C19H19N3O4S2/c1-26-19(23)15-12-4-2-5-13(12)20-18-16(15)17(14-6-3-8-27-14)21-22(18)11-7-9-28(24,25)10-11/h3,6,8,11H,2,4-5,7,9-10H2,1H3. The van der Waals surface area contributed by atoms with Crippen LogP contribution < -0.4 is 0 Å². The van der Waals surface area contributed by atoms with E-state index < -0.39 is 9.84 Å². The molecule has 1 fully saturated rings. The Morgan fingerprint density at radius 1 is 1.36 bits per heavy atom. The van der Waals surface area contributed by atoms with Gasteiger partial charge in [-0.2, -0.15) is 5.10 Å². The number of nitrogens with zero attached hydrogens (tertiary/aromatic N) is 3. The van der Waals surface area contributed by atoms with Crippen LogP contribution >= 0.6 is 11.3 Å². The van der Waals surface area contributed by atoms with E-state index in [0.29, 0.717) is 28.7 Å². The Bertz CT molecular complexity index is 1200. The van der Waals surface area contributed by atoms with E-state index in [4.69, 9.17) is 14.8 Å². The summed E-state index contributed by atoms with van der Waals surface area (Å²) in [6.07, 6.45) is 3.04. The molecule has 1 aliphatic carbocycles. The van der Waals surface area contributed by atoms with Gasteiger partial charge >= 0.3 is 5.97 Å². The van der Waals surface area contributed by atoms with Crippen molar-refractivity contribution in [2.75, 3.05) is 18.6 Å². The average molecular weight is 418 g/mol. The molecule has 1 unspecified atom stereocenters. The molecule has 2 aliphatic rings. The fraction of sp³-hybridized carbons (Fsp3) is 0.421. The molecule has 28 heavy (non-hydrogen) atoms. The van der Waals surface area contributed by atoms with Gasteiger partial charge in [0, 0.05) is 5.69 Å². The first-order chi connectivity index (χ1) is 13.5. The molecule has 0 bridgehead atoms. The van der Waals surface area contributed by atoms with Gasteiger partial charge in [-0.05, 0) is 42.7 Å². The topological polar surface area (TPSA) is 91.2 Å². The number of aryl methyl sites for hydroxylation is 1. The molecule has 0 N–H and O–H groups in total. The SMILES string of the molecule is COC(=O)c1c2c(nc3c1c(-c1cccs1)nn3C1CCS(=O)(=O)C1)CCC2. The Morgan fingerprint density at radius 3 is 2.89 bits per heavy atom. The highest BCUT2D eigenvalue weighted by molar-refractivity contribution is 7.91. The summed E-state index contributed by atoms with van der Waals surface area (Å²) in [6.45, 7) is 0. The number of thiophene rings is 1. The quantitative estimate of drug-likeness (QED) is 0.609. The van der Waals surface area contributed by atoms with Crippen molar-refractivity contribution in [1.82, 2.24) is 14.8 Å². The van der Waals surface area contributed by atoms with E-state index in [1.54, 1.807) is 4.68 Å². The lowest BCUT2D eigenvalue weighted by atomic mass is 10.0. The number of methoxy groups -OCH3 is 1. The minimum Gasteiger partial charge on any atom is -0.465 e. The van der Waals surface area contributed by atoms with Crippen LogP contribution in [0.1, 0.15) is 40.5 Å². The summed E-state index contributed by atoms with van der Waals surface area (Å²) in [5.74, 6) is -0.177. The molecule has 4 heterocycles. The largest absolute Gasteiger partial charge is 0.465 e. The van der Waals surface area contributed by atoms with E-state index in [0.717, 1.165) is 35.4 Å². The predicted octanol–water partition coefficient (Wildman–Crippen LogP) is 2.79. The molecule has 1 aliphatic heterocycles. The molecule has 7 nitrogen and oxygen atoms in total. The maximum atomic E-state index is 12.8. The number of carbonyl (C=O) groups is 1. The summed E-state index contributed by atoms with van der Waals surface area (Å²) in [6, 6.07) is 3.62. The number of pyridine rings is 1. The van der Waals surface area contributed by atoms with Crippen LogP contribution in [0, 0.1) is 0 Å². The van der Waals surface area contributed by atoms with Gasteiger partial charge < -0.3 is 4.74 Å². The zero-order chi connectivity index (χ0) is 19.5. The summed E-state index contributed by atoms with van der Waals surface area (Å²) in [4.78, 5) is 18.5. The maximum Gasteiger partial charge on any atom is 0.339 e. The second-order valence-electron chi connectivity index (χ2n) is 7.28. The molecule has 1 saturated heterocycles. The smallest absolute Gasteiger partial charge is 0.339 e. The summed E-state index contributed by atoms with van der Waals surface area (Å²) in [5, 5.41) is 7.43. The number of carbonyl (C=O) groups excluding carboxylic acids is 1. The number of sulfone groups is 1. The van der Waals surface area contributed by atoms with Crippen LogP contribution in [-0.4, -0.2) is 47.8 Å². The van der Waals surface area contributed by atoms with Crippen molar-refractivity contribution in [2.45, 2.75) is 31.7 Å². The normalized spacial score (nSPS) is 20.5. The molecular formula is C19H19N3O4S2. The number of rotatable bonds is 3. The molecule has 0 aromatic carbocycles. The first kappa shape index (κ1) is 17.8. The molecule has 9 heteroatoms. The maximum absolute atomic E-state index is 12.8. The first-order valence-corrected chi connectivity index (χ1v) is 11.9. The van der Waals surface area contributed by atoms with E-state index in [1.807, 2.05) is 17.5 Å². The number of fused-ring (bicyclic) bond motifs is 2. The average Bonchev–Trinajstić information content (AvgIpc) is 3.44. The van der Waals surface area contributed by atoms with Crippen molar-refractivity contribution in [3.8, 4) is 10.6 Å². The van der Waals surface area contributed by atoms with Crippen LogP contribution in [0.15, 0.2) is 17.5 Å². The van der Waals surface area contributed by atoms with Crippen LogP contribution in [-0.2, 0) is 27.4 Å². The molecule has 5 rings (SSSR count). The molecule has 0 amide bonds. The molecule has 3 aromatic rings. The third-order valence-electron chi connectivity index (χ3n) is 5.56. The Balaban J connectivity index is 1.84. The first-order valence-electron chi connectivity index (χ1n) is 9.25. The van der Waals surface area contributed by atoms with Crippen molar-refractivity contribution in [2.24, 2.45) is 0 Å². The fourth-order valence-electron chi connectivity index (χ4n) is 4.30. The van der Waals surface area contributed by atoms with Crippen LogP contribution in [0.5, 0.6) is 0 Å². The number of esters is 1. The van der Waals surface area contributed by atoms with Gasteiger partial charge in [0.05, 0.1) is 40.5 Å². The Morgan fingerprint density at radius 2 is 2.21 bits per heavy atom. The summed E-state index contributed by atoms with van der Waals surface area (Å²) in [5.41, 5.74) is 3.64. The van der Waals surface area contributed by atoms with E-state index in [9.17, 15) is 13.2 Å².